The maximum absolute atomic E-state index is 12.9. The van der Waals surface area contributed by atoms with Crippen LogP contribution in [0, 0.1) is 13.8 Å². The Morgan fingerprint density at radius 1 is 0.931 bits per heavy atom. The molecule has 0 N–H and O–H groups in total. The number of hydrogen-bond acceptors (Lipinski definition) is 5. The molecule has 6 heteroatoms. The van der Waals surface area contributed by atoms with Gasteiger partial charge >= 0.3 is 0 Å². The van der Waals surface area contributed by atoms with Gasteiger partial charge in [-0.2, -0.15) is 0 Å². The van der Waals surface area contributed by atoms with E-state index in [4.69, 9.17) is 4.74 Å². The van der Waals surface area contributed by atoms with Gasteiger partial charge in [0, 0.05) is 38.3 Å². The summed E-state index contributed by atoms with van der Waals surface area (Å²) in [5, 5.41) is 0. The van der Waals surface area contributed by atoms with Gasteiger partial charge in [0.05, 0.1) is 22.4 Å². The van der Waals surface area contributed by atoms with Crippen molar-refractivity contribution in [2.24, 2.45) is 0 Å². The van der Waals surface area contributed by atoms with Gasteiger partial charge in [0.15, 0.2) is 0 Å². The van der Waals surface area contributed by atoms with Crippen LogP contribution in [0.3, 0.4) is 0 Å². The molecule has 0 bridgehead atoms. The van der Waals surface area contributed by atoms with Gasteiger partial charge < -0.3 is 9.64 Å². The zero-order chi connectivity index (χ0) is 20.2. The number of ether oxygens (including phenoxy) is 1. The fourth-order valence-electron chi connectivity index (χ4n) is 3.53. The lowest BCUT2D eigenvalue weighted by atomic mass is 10.1. The van der Waals surface area contributed by atoms with Gasteiger partial charge in [-0.3, -0.25) is 9.69 Å². The highest BCUT2D eigenvalue weighted by Gasteiger charge is 2.22. The van der Waals surface area contributed by atoms with Gasteiger partial charge in [-0.15, -0.1) is 0 Å². The number of para-hydroxylation sites is 1. The summed E-state index contributed by atoms with van der Waals surface area (Å²) in [5.74, 6) is 0.957. The maximum atomic E-state index is 12.9. The summed E-state index contributed by atoms with van der Waals surface area (Å²) in [6.45, 7) is 8.57. The zero-order valence-electron chi connectivity index (χ0n) is 17.0. The number of rotatable bonds is 5. The Bertz CT molecular complexity index is 998. The van der Waals surface area contributed by atoms with Crippen molar-refractivity contribution < 1.29 is 9.53 Å². The van der Waals surface area contributed by atoms with Gasteiger partial charge in [-0.1, -0.05) is 18.2 Å². The Kier molecular flexibility index (Phi) is 5.71. The molecule has 0 spiro atoms. The third-order valence-corrected chi connectivity index (χ3v) is 5.40. The molecule has 6 nitrogen and oxygen atoms in total. The van der Waals surface area contributed by atoms with Crippen molar-refractivity contribution in [1.82, 2.24) is 19.8 Å². The maximum Gasteiger partial charge on any atom is 0.254 e. The van der Waals surface area contributed by atoms with Gasteiger partial charge in [0.2, 0.25) is 0 Å². The highest BCUT2D eigenvalue weighted by atomic mass is 16.5. The average molecular weight is 390 g/mol. The first-order chi connectivity index (χ1) is 14.1. The molecule has 3 aromatic rings. The van der Waals surface area contributed by atoms with E-state index in [2.05, 4.69) is 14.9 Å². The van der Waals surface area contributed by atoms with Crippen LogP contribution in [0.4, 0.5) is 0 Å². The molecule has 1 aliphatic heterocycles. The molecule has 1 saturated heterocycles. The van der Waals surface area contributed by atoms with Crippen LogP contribution in [0.25, 0.3) is 11.0 Å². The lowest BCUT2D eigenvalue weighted by Gasteiger charge is -2.34. The van der Waals surface area contributed by atoms with Gasteiger partial charge in [0.25, 0.3) is 5.91 Å². The van der Waals surface area contributed by atoms with Crippen molar-refractivity contribution in [3.8, 4) is 5.75 Å². The molecule has 29 heavy (non-hydrogen) atoms. The SMILES string of the molecule is Cc1nc2ccc(C(=O)N3CCN(CCOc4ccccc4)CC3)cc2nc1C. The fourth-order valence-corrected chi connectivity index (χ4v) is 3.53. The van der Waals surface area contributed by atoms with Crippen LogP contribution in [0.1, 0.15) is 21.7 Å². The quantitative estimate of drug-likeness (QED) is 0.670. The van der Waals surface area contributed by atoms with Crippen molar-refractivity contribution >= 4 is 16.9 Å². The Labute approximate surface area is 171 Å². The van der Waals surface area contributed by atoms with Crippen molar-refractivity contribution in [3.05, 3.63) is 65.5 Å². The molecule has 0 saturated carbocycles. The number of carbonyl (C=O) groups excluding carboxylic acids is 1. The highest BCUT2D eigenvalue weighted by molar-refractivity contribution is 5.97. The lowest BCUT2D eigenvalue weighted by molar-refractivity contribution is 0.0620. The van der Waals surface area contributed by atoms with E-state index in [1.165, 1.54) is 0 Å². The second-order valence-corrected chi connectivity index (χ2v) is 7.39. The van der Waals surface area contributed by atoms with Crippen LogP contribution in [-0.2, 0) is 0 Å². The number of carbonyl (C=O) groups is 1. The van der Waals surface area contributed by atoms with Crippen LogP contribution in [0.5, 0.6) is 5.75 Å². The lowest BCUT2D eigenvalue weighted by Crippen LogP contribution is -2.49. The van der Waals surface area contributed by atoms with Crippen molar-refractivity contribution in [3.63, 3.8) is 0 Å². The normalized spacial score (nSPS) is 14.9. The number of piperazine rings is 1. The number of benzene rings is 2. The second kappa shape index (κ2) is 8.57. The summed E-state index contributed by atoms with van der Waals surface area (Å²) in [7, 11) is 0. The van der Waals surface area contributed by atoms with Gasteiger partial charge in [0.1, 0.15) is 12.4 Å². The minimum atomic E-state index is 0.0621. The molecule has 0 radical (unpaired) electrons. The number of hydrogen-bond donors (Lipinski definition) is 0. The van der Waals surface area contributed by atoms with Crippen LogP contribution in [0.2, 0.25) is 0 Å². The number of aromatic nitrogens is 2. The monoisotopic (exact) mass is 390 g/mol. The Morgan fingerprint density at radius 2 is 1.62 bits per heavy atom. The van der Waals surface area contributed by atoms with E-state index in [1.807, 2.05) is 67.3 Å². The minimum Gasteiger partial charge on any atom is -0.492 e. The summed E-state index contributed by atoms with van der Waals surface area (Å²) < 4.78 is 5.78. The third kappa shape index (κ3) is 4.54. The molecule has 1 fully saturated rings. The largest absolute Gasteiger partial charge is 0.492 e. The molecule has 1 amide bonds. The molecule has 2 heterocycles. The van der Waals surface area contributed by atoms with E-state index >= 15 is 0 Å². The molecule has 2 aromatic carbocycles. The number of amides is 1. The summed E-state index contributed by atoms with van der Waals surface area (Å²) in [6.07, 6.45) is 0. The van der Waals surface area contributed by atoms with E-state index in [0.717, 1.165) is 60.9 Å². The summed E-state index contributed by atoms with van der Waals surface area (Å²) in [4.78, 5) is 26.3. The predicted molar refractivity (Wildman–Crippen MR) is 113 cm³/mol. The van der Waals surface area contributed by atoms with Crippen molar-refractivity contribution in [2.45, 2.75) is 13.8 Å². The Morgan fingerprint density at radius 3 is 2.34 bits per heavy atom. The van der Waals surface area contributed by atoms with Crippen LogP contribution >= 0.6 is 0 Å². The molecule has 1 aromatic heterocycles. The number of nitrogens with zero attached hydrogens (tertiary/aromatic N) is 4. The van der Waals surface area contributed by atoms with E-state index in [9.17, 15) is 4.79 Å². The summed E-state index contributed by atoms with van der Waals surface area (Å²) in [6, 6.07) is 15.5. The van der Waals surface area contributed by atoms with E-state index in [-0.39, 0.29) is 5.91 Å². The van der Waals surface area contributed by atoms with E-state index in [0.29, 0.717) is 12.2 Å². The standard InChI is InChI=1S/C23H26N4O2/c1-17-18(2)25-22-16-19(8-9-21(22)24-17)23(28)27-12-10-26(11-13-27)14-15-29-20-6-4-3-5-7-20/h3-9,16H,10-15H2,1-2H3. The third-order valence-electron chi connectivity index (χ3n) is 5.40. The average Bonchev–Trinajstić information content (AvgIpc) is 2.75. The van der Waals surface area contributed by atoms with Gasteiger partial charge in [-0.25, -0.2) is 9.97 Å². The first kappa shape index (κ1) is 19.3. The minimum absolute atomic E-state index is 0.0621. The van der Waals surface area contributed by atoms with Crippen LogP contribution < -0.4 is 4.74 Å². The molecule has 0 unspecified atom stereocenters. The van der Waals surface area contributed by atoms with E-state index in [1.54, 1.807) is 0 Å². The van der Waals surface area contributed by atoms with Crippen molar-refractivity contribution in [2.75, 3.05) is 39.3 Å². The topological polar surface area (TPSA) is 58.6 Å². The molecular weight excluding hydrogens is 364 g/mol. The summed E-state index contributed by atoms with van der Waals surface area (Å²) >= 11 is 0. The van der Waals surface area contributed by atoms with Crippen LogP contribution in [-0.4, -0.2) is 65.0 Å². The number of fused-ring (bicyclic) bond motifs is 1. The first-order valence-electron chi connectivity index (χ1n) is 10.0. The molecule has 150 valence electrons. The zero-order valence-corrected chi connectivity index (χ0v) is 17.0. The molecule has 0 aliphatic carbocycles. The Hall–Kier alpha value is -2.99. The number of aryl methyl sites for hydroxylation is 2. The fraction of sp³-hybridized carbons (Fsp3) is 0.348. The van der Waals surface area contributed by atoms with Crippen molar-refractivity contribution in [1.29, 1.82) is 0 Å². The predicted octanol–water partition coefficient (Wildman–Crippen LogP) is 3.08. The first-order valence-corrected chi connectivity index (χ1v) is 10.0. The second-order valence-electron chi connectivity index (χ2n) is 7.39. The molecule has 1 aliphatic rings. The molecular formula is C23H26N4O2. The Balaban J connectivity index is 1.32. The highest BCUT2D eigenvalue weighted by Crippen LogP contribution is 2.17. The summed E-state index contributed by atoms with van der Waals surface area (Å²) in [5.41, 5.74) is 4.09. The van der Waals surface area contributed by atoms with E-state index < -0.39 is 0 Å². The van der Waals surface area contributed by atoms with Crippen LogP contribution in [0.15, 0.2) is 48.5 Å². The van der Waals surface area contributed by atoms with Gasteiger partial charge in [-0.05, 0) is 44.2 Å². The smallest absolute Gasteiger partial charge is 0.254 e. The molecule has 0 atom stereocenters. The molecule has 4 rings (SSSR count).